The van der Waals surface area contributed by atoms with Crippen LogP contribution in [0.1, 0.15) is 49.8 Å². The normalized spacial score (nSPS) is 12.6. The molecule has 4 aromatic rings. The number of carboxylic acid groups (broad SMARTS) is 1. The zero-order valence-electron chi connectivity index (χ0n) is 19.9. The van der Waals surface area contributed by atoms with Crippen molar-refractivity contribution in [2.24, 2.45) is 7.05 Å². The Bertz CT molecular complexity index is 1410. The number of aromatic nitrogens is 4. The summed E-state index contributed by atoms with van der Waals surface area (Å²) >= 11 is 0. The number of benzene rings is 1. The zero-order chi connectivity index (χ0) is 24.8. The lowest BCUT2D eigenvalue weighted by atomic mass is 10.2. The van der Waals surface area contributed by atoms with Gasteiger partial charge in [0, 0.05) is 12.4 Å². The van der Waals surface area contributed by atoms with E-state index >= 15 is 0 Å². The Morgan fingerprint density at radius 2 is 1.91 bits per heavy atom. The predicted molar refractivity (Wildman–Crippen MR) is 127 cm³/mol. The molecule has 178 valence electrons. The maximum atomic E-state index is 12.1. The number of methoxy groups -OCH3 is 1. The van der Waals surface area contributed by atoms with Crippen molar-refractivity contribution in [2.75, 3.05) is 7.11 Å². The van der Waals surface area contributed by atoms with Crippen molar-refractivity contribution in [3.05, 3.63) is 41.6 Å². The van der Waals surface area contributed by atoms with E-state index in [9.17, 15) is 14.7 Å². The van der Waals surface area contributed by atoms with Crippen molar-refractivity contribution in [3.8, 4) is 17.3 Å². The van der Waals surface area contributed by atoms with Gasteiger partial charge in [0.2, 0.25) is 0 Å². The fraction of sp³-hybridized carbons (Fsp3) is 0.333. The Kier molecular flexibility index (Phi) is 5.68. The fourth-order valence-corrected chi connectivity index (χ4v) is 3.77. The van der Waals surface area contributed by atoms with Gasteiger partial charge in [0.25, 0.3) is 0 Å². The summed E-state index contributed by atoms with van der Waals surface area (Å²) in [7, 11) is 3.33. The number of hydrogen-bond donors (Lipinski definition) is 3. The molecule has 0 aliphatic carbocycles. The van der Waals surface area contributed by atoms with Gasteiger partial charge in [-0.05, 0) is 58.0 Å². The van der Waals surface area contributed by atoms with Crippen LogP contribution in [0.4, 0.5) is 4.79 Å². The molecule has 0 aliphatic rings. The summed E-state index contributed by atoms with van der Waals surface area (Å²) in [6.45, 7) is 7.25. The first kappa shape index (κ1) is 23.1. The van der Waals surface area contributed by atoms with E-state index in [0.29, 0.717) is 39.6 Å². The van der Waals surface area contributed by atoms with E-state index in [0.717, 1.165) is 5.39 Å². The second kappa shape index (κ2) is 8.36. The summed E-state index contributed by atoms with van der Waals surface area (Å²) in [5.74, 6) is -0.0195. The predicted octanol–water partition coefficient (Wildman–Crippen LogP) is 4.41. The standard InChI is InChI=1S/C24H27N5O5/c1-12(25-23(32)34-24(2,3)4)15-8-7-13-9-17(27-20(13)26-15)21-28-16-10-14(22(30)31)11-18(33-6)19(16)29(21)5/h7-12H,1-6H3,(H,25,32)(H,26,27)(H,30,31). The van der Waals surface area contributed by atoms with Gasteiger partial charge in [-0.25, -0.2) is 19.6 Å². The fourth-order valence-electron chi connectivity index (χ4n) is 3.77. The van der Waals surface area contributed by atoms with E-state index in [4.69, 9.17) is 9.47 Å². The largest absolute Gasteiger partial charge is 0.494 e. The number of imidazole rings is 1. The van der Waals surface area contributed by atoms with E-state index in [-0.39, 0.29) is 11.6 Å². The Balaban J connectivity index is 1.69. The molecule has 10 heteroatoms. The maximum Gasteiger partial charge on any atom is 0.408 e. The molecule has 3 N–H and O–H groups in total. The number of aryl methyl sites for hydroxylation is 1. The Hall–Kier alpha value is -4.08. The SMILES string of the molecule is COc1cc(C(=O)O)cc2nc(-c3cc4ccc(C(C)NC(=O)OC(C)(C)C)nc4[nH]3)n(C)c12. The van der Waals surface area contributed by atoms with Crippen LogP contribution in [0, 0.1) is 0 Å². The molecule has 0 aliphatic heterocycles. The molecule has 34 heavy (non-hydrogen) atoms. The summed E-state index contributed by atoms with van der Waals surface area (Å²) in [4.78, 5) is 36.2. The highest BCUT2D eigenvalue weighted by Crippen LogP contribution is 2.32. The van der Waals surface area contributed by atoms with Gasteiger partial charge in [-0.2, -0.15) is 0 Å². The van der Waals surface area contributed by atoms with Gasteiger partial charge in [0.1, 0.15) is 22.5 Å². The van der Waals surface area contributed by atoms with Gasteiger partial charge in [-0.15, -0.1) is 0 Å². The highest BCUT2D eigenvalue weighted by atomic mass is 16.6. The molecule has 3 aromatic heterocycles. The van der Waals surface area contributed by atoms with Crippen molar-refractivity contribution >= 4 is 34.1 Å². The number of rotatable bonds is 5. The van der Waals surface area contributed by atoms with Crippen molar-refractivity contribution in [1.82, 2.24) is 24.8 Å². The van der Waals surface area contributed by atoms with E-state index in [1.165, 1.54) is 19.2 Å². The number of ether oxygens (including phenoxy) is 2. The lowest BCUT2D eigenvalue weighted by Gasteiger charge is -2.21. The summed E-state index contributed by atoms with van der Waals surface area (Å²) in [5.41, 5.74) is 2.73. The number of carbonyl (C=O) groups excluding carboxylic acids is 1. The van der Waals surface area contributed by atoms with Crippen LogP contribution in [0.15, 0.2) is 30.3 Å². The number of aromatic carboxylic acids is 1. The Labute approximate surface area is 195 Å². The van der Waals surface area contributed by atoms with Crippen molar-refractivity contribution in [1.29, 1.82) is 0 Å². The van der Waals surface area contributed by atoms with E-state index in [1.807, 2.05) is 36.7 Å². The smallest absolute Gasteiger partial charge is 0.408 e. The zero-order valence-corrected chi connectivity index (χ0v) is 19.9. The molecule has 0 saturated carbocycles. The third-order valence-corrected chi connectivity index (χ3v) is 5.32. The van der Waals surface area contributed by atoms with E-state index in [2.05, 4.69) is 20.3 Å². The average molecular weight is 466 g/mol. The Morgan fingerprint density at radius 3 is 2.56 bits per heavy atom. The second-order valence-corrected chi connectivity index (χ2v) is 9.07. The van der Waals surface area contributed by atoms with Crippen molar-refractivity contribution in [2.45, 2.75) is 39.3 Å². The highest BCUT2D eigenvalue weighted by molar-refractivity contribution is 5.96. The monoisotopic (exact) mass is 465 g/mol. The molecule has 0 saturated heterocycles. The van der Waals surface area contributed by atoms with Gasteiger partial charge < -0.3 is 29.4 Å². The number of carboxylic acids is 1. The molecule has 10 nitrogen and oxygen atoms in total. The lowest BCUT2D eigenvalue weighted by Crippen LogP contribution is -2.34. The summed E-state index contributed by atoms with van der Waals surface area (Å²) in [5, 5.41) is 13.1. The van der Waals surface area contributed by atoms with Gasteiger partial charge in [0.05, 0.1) is 35.6 Å². The molecule has 3 heterocycles. The molecule has 1 atom stereocenters. The average Bonchev–Trinajstić information content (AvgIpc) is 3.31. The number of nitrogens with one attached hydrogen (secondary N) is 2. The molecular weight excluding hydrogens is 438 g/mol. The molecule has 0 radical (unpaired) electrons. The first-order valence-electron chi connectivity index (χ1n) is 10.7. The maximum absolute atomic E-state index is 12.1. The number of carbonyl (C=O) groups is 2. The van der Waals surface area contributed by atoms with Crippen molar-refractivity contribution in [3.63, 3.8) is 0 Å². The first-order valence-corrected chi connectivity index (χ1v) is 10.7. The molecule has 1 unspecified atom stereocenters. The molecule has 0 spiro atoms. The van der Waals surface area contributed by atoms with Crippen LogP contribution in [0.2, 0.25) is 0 Å². The minimum Gasteiger partial charge on any atom is -0.494 e. The topological polar surface area (TPSA) is 131 Å². The summed E-state index contributed by atoms with van der Waals surface area (Å²) < 4.78 is 12.6. The third-order valence-electron chi connectivity index (χ3n) is 5.32. The first-order chi connectivity index (χ1) is 16.0. The van der Waals surface area contributed by atoms with E-state index < -0.39 is 17.7 Å². The number of nitrogens with zero attached hydrogens (tertiary/aromatic N) is 3. The van der Waals surface area contributed by atoms with Crippen LogP contribution in [0.25, 0.3) is 33.6 Å². The molecular formula is C24H27N5O5. The van der Waals surface area contributed by atoms with Gasteiger partial charge in [-0.3, -0.25) is 0 Å². The number of pyridine rings is 1. The van der Waals surface area contributed by atoms with Crippen LogP contribution in [0.5, 0.6) is 5.75 Å². The van der Waals surface area contributed by atoms with Crippen molar-refractivity contribution < 1.29 is 24.2 Å². The molecule has 0 fully saturated rings. The third kappa shape index (κ3) is 4.39. The number of aromatic amines is 1. The summed E-state index contributed by atoms with van der Waals surface area (Å²) in [6.07, 6.45) is -0.511. The Morgan fingerprint density at radius 1 is 1.18 bits per heavy atom. The van der Waals surface area contributed by atoms with Gasteiger partial charge in [0.15, 0.2) is 5.82 Å². The highest BCUT2D eigenvalue weighted by Gasteiger charge is 2.21. The number of H-pyrrole nitrogens is 1. The lowest BCUT2D eigenvalue weighted by molar-refractivity contribution is 0.0506. The minimum absolute atomic E-state index is 0.100. The molecule has 0 bridgehead atoms. The number of amides is 1. The number of fused-ring (bicyclic) bond motifs is 2. The number of hydrogen-bond acceptors (Lipinski definition) is 6. The molecule has 1 amide bonds. The van der Waals surface area contributed by atoms with Crippen LogP contribution in [0.3, 0.4) is 0 Å². The molecule has 1 aromatic carbocycles. The van der Waals surface area contributed by atoms with Crippen LogP contribution < -0.4 is 10.1 Å². The van der Waals surface area contributed by atoms with E-state index in [1.54, 1.807) is 20.8 Å². The van der Waals surface area contributed by atoms with Crippen LogP contribution in [-0.4, -0.2) is 49.4 Å². The summed E-state index contributed by atoms with van der Waals surface area (Å²) in [6, 6.07) is 8.32. The quantitative estimate of drug-likeness (QED) is 0.398. The van der Waals surface area contributed by atoms with Crippen LogP contribution >= 0.6 is 0 Å². The minimum atomic E-state index is -1.05. The van der Waals surface area contributed by atoms with Crippen LogP contribution in [-0.2, 0) is 11.8 Å². The molecule has 4 rings (SSSR count). The van der Waals surface area contributed by atoms with Gasteiger partial charge >= 0.3 is 12.1 Å². The second-order valence-electron chi connectivity index (χ2n) is 9.07. The van der Waals surface area contributed by atoms with Gasteiger partial charge in [-0.1, -0.05) is 0 Å². The number of alkyl carbamates (subject to hydrolysis) is 1.